The smallest absolute Gasteiger partial charge is 0.333 e. The third-order valence-electron chi connectivity index (χ3n) is 6.98. The number of carbonyl (C=O) groups is 2. The molecule has 35 heavy (non-hydrogen) atoms. The van der Waals surface area contributed by atoms with E-state index in [2.05, 4.69) is 39.8 Å². The molecule has 1 aliphatic carbocycles. The Balaban J connectivity index is 2.41. The number of esters is 2. The first-order valence-electron chi connectivity index (χ1n) is 12.8. The normalized spacial score (nSPS) is 35.9. The Kier molecular flexibility index (Phi) is 11.2. The molecule has 1 heterocycles. The Labute approximate surface area is 210 Å². The van der Waals surface area contributed by atoms with E-state index in [0.717, 1.165) is 25.7 Å². The number of allylic oxidation sites excluding steroid dienone is 4. The standard InChI is InChI=1S/C28H44O7/c1-9-19(6)27(31)35-25-24(30)20(7)32-28(26(25)33-21(8)29)34-23-15-18(5)12-10-11-17(4)13-14-22(23)16(2)3/h9,11,15-16,20,22-26,28,30H,10,12-14H2,1-8H3/b17-11+,18-15+,19-9-/t20-,22+,23+,24+,25+,26-,28+/m1/s1. The van der Waals surface area contributed by atoms with Crippen LogP contribution in [0.25, 0.3) is 0 Å². The summed E-state index contributed by atoms with van der Waals surface area (Å²) in [4.78, 5) is 24.6. The van der Waals surface area contributed by atoms with Gasteiger partial charge in [-0.15, -0.1) is 0 Å². The fraction of sp³-hybridized carbons (Fsp3) is 0.714. The van der Waals surface area contributed by atoms with Gasteiger partial charge in [-0.05, 0) is 72.1 Å². The number of carbonyl (C=O) groups excluding carboxylic acids is 2. The molecule has 7 nitrogen and oxygen atoms in total. The zero-order valence-corrected chi connectivity index (χ0v) is 22.6. The van der Waals surface area contributed by atoms with Crippen LogP contribution < -0.4 is 0 Å². The monoisotopic (exact) mass is 492 g/mol. The first-order chi connectivity index (χ1) is 16.4. The fourth-order valence-electron chi connectivity index (χ4n) is 4.58. The van der Waals surface area contributed by atoms with Gasteiger partial charge in [-0.3, -0.25) is 4.79 Å². The second-order valence-electron chi connectivity index (χ2n) is 10.3. The van der Waals surface area contributed by atoms with Gasteiger partial charge >= 0.3 is 11.9 Å². The zero-order chi connectivity index (χ0) is 26.3. The van der Waals surface area contributed by atoms with Crippen LogP contribution in [0.4, 0.5) is 0 Å². The average Bonchev–Trinajstić information content (AvgIpc) is 2.77. The summed E-state index contributed by atoms with van der Waals surface area (Å²) in [7, 11) is 0. The molecule has 0 amide bonds. The summed E-state index contributed by atoms with van der Waals surface area (Å²) in [5.74, 6) is -0.627. The van der Waals surface area contributed by atoms with E-state index in [-0.39, 0.29) is 12.0 Å². The third-order valence-corrected chi connectivity index (χ3v) is 6.98. The maximum absolute atomic E-state index is 12.6. The molecular formula is C28H44O7. The summed E-state index contributed by atoms with van der Waals surface area (Å²) < 4.78 is 23.8. The predicted octanol–water partition coefficient (Wildman–Crippen LogP) is 5.03. The van der Waals surface area contributed by atoms with Gasteiger partial charge in [0.15, 0.2) is 18.5 Å². The summed E-state index contributed by atoms with van der Waals surface area (Å²) in [6.45, 7) is 14.9. The number of hydrogen-bond donors (Lipinski definition) is 1. The molecule has 1 aliphatic heterocycles. The molecule has 0 bridgehead atoms. The number of rotatable bonds is 6. The van der Waals surface area contributed by atoms with Crippen LogP contribution in [0, 0.1) is 11.8 Å². The van der Waals surface area contributed by atoms with Crippen LogP contribution in [0.1, 0.15) is 81.1 Å². The minimum absolute atomic E-state index is 0.196. The highest BCUT2D eigenvalue weighted by Crippen LogP contribution is 2.34. The highest BCUT2D eigenvalue weighted by Gasteiger charge is 2.50. The van der Waals surface area contributed by atoms with Gasteiger partial charge < -0.3 is 24.1 Å². The largest absolute Gasteiger partial charge is 0.453 e. The molecule has 0 aromatic rings. The van der Waals surface area contributed by atoms with Crippen molar-refractivity contribution in [3.8, 4) is 0 Å². The van der Waals surface area contributed by atoms with Gasteiger partial charge in [0.25, 0.3) is 0 Å². The molecule has 0 aromatic heterocycles. The lowest BCUT2D eigenvalue weighted by molar-refractivity contribution is -0.308. The number of aliphatic hydroxyl groups excluding tert-OH is 1. The summed E-state index contributed by atoms with van der Waals surface area (Å²) in [6, 6.07) is 0. The van der Waals surface area contributed by atoms with Crippen LogP contribution in [-0.2, 0) is 28.5 Å². The average molecular weight is 493 g/mol. The van der Waals surface area contributed by atoms with Gasteiger partial charge in [0.05, 0.1) is 12.2 Å². The Hall–Kier alpha value is -1.96. The van der Waals surface area contributed by atoms with Crippen molar-refractivity contribution in [2.45, 2.75) is 118 Å². The van der Waals surface area contributed by atoms with Crippen LogP contribution in [0.3, 0.4) is 0 Å². The molecule has 1 N–H and O–H groups in total. The van der Waals surface area contributed by atoms with E-state index >= 15 is 0 Å². The van der Waals surface area contributed by atoms with Gasteiger partial charge in [-0.1, -0.05) is 43.2 Å². The Morgan fingerprint density at radius 3 is 2.40 bits per heavy atom. The van der Waals surface area contributed by atoms with E-state index < -0.39 is 42.6 Å². The van der Waals surface area contributed by atoms with Crippen LogP contribution in [0.5, 0.6) is 0 Å². The Bertz CT molecular complexity index is 825. The molecule has 0 spiro atoms. The lowest BCUT2D eigenvalue weighted by atomic mass is 9.83. The van der Waals surface area contributed by atoms with Gasteiger partial charge in [-0.2, -0.15) is 0 Å². The van der Waals surface area contributed by atoms with Crippen molar-refractivity contribution in [2.75, 3.05) is 0 Å². The van der Waals surface area contributed by atoms with Crippen molar-refractivity contribution in [1.82, 2.24) is 0 Å². The van der Waals surface area contributed by atoms with Gasteiger partial charge in [0.2, 0.25) is 0 Å². The first-order valence-corrected chi connectivity index (χ1v) is 12.8. The maximum atomic E-state index is 12.6. The van der Waals surface area contributed by atoms with Crippen LogP contribution in [0.15, 0.2) is 34.9 Å². The fourth-order valence-corrected chi connectivity index (χ4v) is 4.58. The molecule has 2 rings (SSSR count). The Morgan fingerprint density at radius 1 is 1.11 bits per heavy atom. The van der Waals surface area contributed by atoms with E-state index in [1.807, 2.05) is 0 Å². The molecule has 0 saturated carbocycles. The molecule has 7 atom stereocenters. The summed E-state index contributed by atoms with van der Waals surface area (Å²) in [6.07, 6.45) is 4.52. The van der Waals surface area contributed by atoms with Gasteiger partial charge in [0.1, 0.15) is 6.10 Å². The minimum Gasteiger partial charge on any atom is -0.453 e. The Morgan fingerprint density at radius 2 is 1.80 bits per heavy atom. The molecular weight excluding hydrogens is 448 g/mol. The molecule has 7 heteroatoms. The first kappa shape index (κ1) is 29.3. The van der Waals surface area contributed by atoms with Crippen LogP contribution in [-0.4, -0.2) is 53.9 Å². The second-order valence-corrected chi connectivity index (χ2v) is 10.3. The SMILES string of the molecule is C/C=C(/C)C(=O)O[C@H]1[C@@H](O)[C@@H](C)O[C@@H](O[C@H]2/C=C(\C)CC/C=C(\C)CC[C@H]2C(C)C)[C@@H]1OC(C)=O. The van der Waals surface area contributed by atoms with E-state index in [1.54, 1.807) is 26.8 Å². The summed E-state index contributed by atoms with van der Waals surface area (Å²) >= 11 is 0. The summed E-state index contributed by atoms with van der Waals surface area (Å²) in [5.41, 5.74) is 2.98. The van der Waals surface area contributed by atoms with Gasteiger partial charge in [0, 0.05) is 12.5 Å². The lowest BCUT2D eigenvalue weighted by Gasteiger charge is -2.44. The second kappa shape index (κ2) is 13.4. The quantitative estimate of drug-likeness (QED) is 0.316. The van der Waals surface area contributed by atoms with Crippen molar-refractivity contribution in [3.05, 3.63) is 34.9 Å². The van der Waals surface area contributed by atoms with E-state index in [1.165, 1.54) is 18.1 Å². The topological polar surface area (TPSA) is 91.3 Å². The predicted molar refractivity (Wildman–Crippen MR) is 134 cm³/mol. The van der Waals surface area contributed by atoms with E-state index in [4.69, 9.17) is 18.9 Å². The minimum atomic E-state index is -1.18. The number of hydrogen-bond acceptors (Lipinski definition) is 7. The summed E-state index contributed by atoms with van der Waals surface area (Å²) in [5, 5.41) is 10.8. The molecule has 0 aromatic carbocycles. The van der Waals surface area contributed by atoms with Crippen molar-refractivity contribution in [2.24, 2.45) is 11.8 Å². The highest BCUT2D eigenvalue weighted by atomic mass is 16.7. The van der Waals surface area contributed by atoms with Crippen molar-refractivity contribution in [3.63, 3.8) is 0 Å². The van der Waals surface area contributed by atoms with Crippen LogP contribution in [0.2, 0.25) is 0 Å². The zero-order valence-electron chi connectivity index (χ0n) is 22.6. The van der Waals surface area contributed by atoms with Crippen LogP contribution >= 0.6 is 0 Å². The maximum Gasteiger partial charge on any atom is 0.333 e. The van der Waals surface area contributed by atoms with E-state index in [9.17, 15) is 14.7 Å². The molecule has 0 radical (unpaired) electrons. The molecule has 0 unspecified atom stereocenters. The van der Waals surface area contributed by atoms with Crippen molar-refractivity contribution in [1.29, 1.82) is 0 Å². The van der Waals surface area contributed by atoms with Crippen molar-refractivity contribution < 1.29 is 33.6 Å². The lowest BCUT2D eigenvalue weighted by Crippen LogP contribution is -2.61. The highest BCUT2D eigenvalue weighted by molar-refractivity contribution is 5.87. The van der Waals surface area contributed by atoms with Crippen molar-refractivity contribution >= 4 is 11.9 Å². The third kappa shape index (κ3) is 8.29. The molecule has 1 saturated heterocycles. The van der Waals surface area contributed by atoms with E-state index in [0.29, 0.717) is 11.5 Å². The molecule has 198 valence electrons. The number of ether oxygens (including phenoxy) is 4. The molecule has 1 fully saturated rings. The number of aliphatic hydroxyl groups is 1. The molecule has 2 aliphatic rings. The van der Waals surface area contributed by atoms with Gasteiger partial charge in [-0.25, -0.2) is 4.79 Å².